The van der Waals surface area contributed by atoms with Gasteiger partial charge < -0.3 is 10.0 Å². The van der Waals surface area contributed by atoms with Crippen LogP contribution in [0, 0.1) is 5.41 Å². The van der Waals surface area contributed by atoms with Gasteiger partial charge in [0.1, 0.15) is 11.6 Å². The van der Waals surface area contributed by atoms with Crippen LogP contribution in [0.5, 0.6) is 5.75 Å². The fourth-order valence-electron chi connectivity index (χ4n) is 2.55. The highest BCUT2D eigenvalue weighted by atomic mass is 16.3. The molecule has 3 N–H and O–H groups in total. The van der Waals surface area contributed by atoms with Crippen LogP contribution in [-0.2, 0) is 6.42 Å². The van der Waals surface area contributed by atoms with Gasteiger partial charge in [0, 0.05) is 6.54 Å². The van der Waals surface area contributed by atoms with E-state index >= 15 is 0 Å². The topological polar surface area (TPSA) is 76.4 Å². The SMILES string of the molecule is CCCN1C(=O)NC(=N)C1(C)CCc1ccc(O)cc1. The second-order valence-corrected chi connectivity index (χ2v) is 5.40. The van der Waals surface area contributed by atoms with Crippen molar-refractivity contribution in [2.75, 3.05) is 6.54 Å². The summed E-state index contributed by atoms with van der Waals surface area (Å²) in [6.07, 6.45) is 2.32. The average molecular weight is 275 g/mol. The van der Waals surface area contributed by atoms with E-state index in [1.807, 2.05) is 26.0 Å². The van der Waals surface area contributed by atoms with E-state index < -0.39 is 5.54 Å². The van der Waals surface area contributed by atoms with Crippen molar-refractivity contribution < 1.29 is 9.90 Å². The maximum absolute atomic E-state index is 11.9. The first kappa shape index (κ1) is 14.4. The Morgan fingerprint density at radius 2 is 2.00 bits per heavy atom. The Kier molecular flexibility index (Phi) is 3.97. The maximum Gasteiger partial charge on any atom is 0.323 e. The quantitative estimate of drug-likeness (QED) is 0.772. The van der Waals surface area contributed by atoms with Gasteiger partial charge in [0.05, 0.1) is 5.54 Å². The van der Waals surface area contributed by atoms with Gasteiger partial charge in [-0.15, -0.1) is 0 Å². The van der Waals surface area contributed by atoms with Crippen LogP contribution in [0.4, 0.5) is 4.79 Å². The van der Waals surface area contributed by atoms with Crippen molar-refractivity contribution >= 4 is 11.9 Å². The number of carbonyl (C=O) groups is 1. The first-order valence-electron chi connectivity index (χ1n) is 6.93. The summed E-state index contributed by atoms with van der Waals surface area (Å²) < 4.78 is 0. The number of aryl methyl sites for hydroxylation is 1. The predicted molar refractivity (Wildman–Crippen MR) is 78.1 cm³/mol. The summed E-state index contributed by atoms with van der Waals surface area (Å²) in [5, 5.41) is 19.9. The van der Waals surface area contributed by atoms with Gasteiger partial charge in [0.25, 0.3) is 0 Å². The number of benzene rings is 1. The number of rotatable bonds is 5. The third-order valence-electron chi connectivity index (χ3n) is 3.90. The third-order valence-corrected chi connectivity index (χ3v) is 3.90. The van der Waals surface area contributed by atoms with E-state index in [4.69, 9.17) is 5.41 Å². The van der Waals surface area contributed by atoms with Crippen LogP contribution in [-0.4, -0.2) is 34.0 Å². The van der Waals surface area contributed by atoms with E-state index in [9.17, 15) is 9.90 Å². The van der Waals surface area contributed by atoms with Gasteiger partial charge in [-0.3, -0.25) is 10.7 Å². The molecule has 108 valence electrons. The summed E-state index contributed by atoms with van der Waals surface area (Å²) in [5.41, 5.74) is 0.526. The Bertz CT molecular complexity index is 512. The molecule has 2 amide bonds. The molecule has 1 aromatic carbocycles. The van der Waals surface area contributed by atoms with E-state index in [-0.39, 0.29) is 17.6 Å². The first-order chi connectivity index (χ1) is 9.47. The minimum Gasteiger partial charge on any atom is -0.508 e. The molecule has 0 spiro atoms. The van der Waals surface area contributed by atoms with Crippen molar-refractivity contribution in [1.29, 1.82) is 5.41 Å². The minimum atomic E-state index is -0.565. The van der Waals surface area contributed by atoms with Crippen LogP contribution < -0.4 is 5.32 Å². The van der Waals surface area contributed by atoms with Crippen molar-refractivity contribution in [3.8, 4) is 5.75 Å². The summed E-state index contributed by atoms with van der Waals surface area (Å²) in [4.78, 5) is 13.6. The molecule has 0 aliphatic carbocycles. The molecule has 1 aromatic rings. The Morgan fingerprint density at radius 1 is 1.35 bits per heavy atom. The molecule has 0 bridgehead atoms. The third kappa shape index (κ3) is 2.61. The summed E-state index contributed by atoms with van der Waals surface area (Å²) in [7, 11) is 0. The summed E-state index contributed by atoms with van der Waals surface area (Å²) in [5.74, 6) is 0.521. The van der Waals surface area contributed by atoms with Gasteiger partial charge in [-0.1, -0.05) is 19.1 Å². The number of urea groups is 1. The molecule has 5 heteroatoms. The van der Waals surface area contributed by atoms with E-state index in [0.29, 0.717) is 13.0 Å². The van der Waals surface area contributed by atoms with Gasteiger partial charge in [-0.25, -0.2) is 4.79 Å². The number of nitrogens with zero attached hydrogens (tertiary/aromatic N) is 1. The van der Waals surface area contributed by atoms with Crippen molar-refractivity contribution in [3.63, 3.8) is 0 Å². The Balaban J connectivity index is 2.10. The lowest BCUT2D eigenvalue weighted by atomic mass is 9.91. The molecule has 5 nitrogen and oxygen atoms in total. The molecule has 1 fully saturated rings. The molecule has 1 aliphatic heterocycles. The second-order valence-electron chi connectivity index (χ2n) is 5.40. The fourth-order valence-corrected chi connectivity index (χ4v) is 2.55. The smallest absolute Gasteiger partial charge is 0.323 e. The molecule has 0 radical (unpaired) electrons. The predicted octanol–water partition coefficient (Wildman–Crippen LogP) is 2.50. The van der Waals surface area contributed by atoms with Crippen molar-refractivity contribution in [1.82, 2.24) is 10.2 Å². The molecule has 0 aromatic heterocycles. The minimum absolute atomic E-state index is 0.176. The number of hydrogen-bond acceptors (Lipinski definition) is 3. The molecule has 0 saturated carbocycles. The Labute approximate surface area is 119 Å². The summed E-state index contributed by atoms with van der Waals surface area (Å²) in [6.45, 7) is 4.61. The highest BCUT2D eigenvalue weighted by molar-refractivity contribution is 6.08. The summed E-state index contributed by atoms with van der Waals surface area (Å²) in [6, 6.07) is 6.88. The van der Waals surface area contributed by atoms with E-state index in [0.717, 1.165) is 18.4 Å². The lowest BCUT2D eigenvalue weighted by Crippen LogP contribution is -2.47. The van der Waals surface area contributed by atoms with Crippen molar-refractivity contribution in [3.05, 3.63) is 29.8 Å². The van der Waals surface area contributed by atoms with Crippen molar-refractivity contribution in [2.24, 2.45) is 0 Å². The standard InChI is InChI=1S/C15H21N3O2/c1-3-10-18-14(20)17-13(16)15(18,2)9-8-11-4-6-12(19)7-5-11/h4-7,19H,3,8-10H2,1-2H3,(H2,16,17,20). The average Bonchev–Trinajstić information content (AvgIpc) is 2.63. The van der Waals surface area contributed by atoms with Gasteiger partial charge in [-0.05, 0) is 43.9 Å². The van der Waals surface area contributed by atoms with Crippen LogP contribution in [0.2, 0.25) is 0 Å². The molecule has 1 aliphatic rings. The number of amidine groups is 1. The zero-order valence-corrected chi connectivity index (χ0v) is 11.9. The normalized spacial score (nSPS) is 22.2. The van der Waals surface area contributed by atoms with Crippen LogP contribution in [0.3, 0.4) is 0 Å². The van der Waals surface area contributed by atoms with Crippen LogP contribution in [0.1, 0.15) is 32.3 Å². The number of phenols is 1. The number of carbonyl (C=O) groups excluding carboxylic acids is 1. The van der Waals surface area contributed by atoms with Gasteiger partial charge in [0.2, 0.25) is 0 Å². The molecule has 1 saturated heterocycles. The first-order valence-corrected chi connectivity index (χ1v) is 6.93. The molecule has 20 heavy (non-hydrogen) atoms. The van der Waals surface area contributed by atoms with E-state index in [1.165, 1.54) is 0 Å². The number of nitrogens with one attached hydrogen (secondary N) is 2. The Hall–Kier alpha value is -2.04. The van der Waals surface area contributed by atoms with E-state index in [2.05, 4.69) is 5.32 Å². The van der Waals surface area contributed by atoms with Crippen LogP contribution in [0.25, 0.3) is 0 Å². The zero-order valence-electron chi connectivity index (χ0n) is 11.9. The lowest BCUT2D eigenvalue weighted by Gasteiger charge is -2.33. The molecule has 1 unspecified atom stereocenters. The summed E-state index contributed by atoms with van der Waals surface area (Å²) >= 11 is 0. The molecular weight excluding hydrogens is 254 g/mol. The molecule has 2 rings (SSSR count). The highest BCUT2D eigenvalue weighted by Gasteiger charge is 2.45. The Morgan fingerprint density at radius 3 is 2.60 bits per heavy atom. The lowest BCUT2D eigenvalue weighted by molar-refractivity contribution is 0.175. The number of amides is 2. The number of aromatic hydroxyl groups is 1. The van der Waals surface area contributed by atoms with E-state index in [1.54, 1.807) is 17.0 Å². The maximum atomic E-state index is 11.9. The van der Waals surface area contributed by atoms with Crippen LogP contribution >= 0.6 is 0 Å². The monoisotopic (exact) mass is 275 g/mol. The highest BCUT2D eigenvalue weighted by Crippen LogP contribution is 2.27. The van der Waals surface area contributed by atoms with Gasteiger partial charge in [0.15, 0.2) is 0 Å². The fraction of sp³-hybridized carbons (Fsp3) is 0.467. The van der Waals surface area contributed by atoms with Gasteiger partial charge >= 0.3 is 6.03 Å². The largest absolute Gasteiger partial charge is 0.508 e. The number of phenolic OH excluding ortho intramolecular Hbond substituents is 1. The van der Waals surface area contributed by atoms with Crippen molar-refractivity contribution in [2.45, 2.75) is 38.6 Å². The number of hydrogen-bond donors (Lipinski definition) is 3. The zero-order chi connectivity index (χ0) is 14.8. The molecular formula is C15H21N3O2. The molecule has 1 heterocycles. The second kappa shape index (κ2) is 5.53. The van der Waals surface area contributed by atoms with Crippen LogP contribution in [0.15, 0.2) is 24.3 Å². The molecule has 1 atom stereocenters. The van der Waals surface area contributed by atoms with Gasteiger partial charge in [-0.2, -0.15) is 0 Å².